The normalized spacial score (nSPS) is 11.1. The number of azo groups is 1. The molecule has 0 amide bonds. The molecular weight excluding hydrogens is 230 g/mol. The lowest BCUT2D eigenvalue weighted by Gasteiger charge is -1.96. The van der Waals surface area contributed by atoms with Crippen molar-refractivity contribution in [3.05, 3.63) is 35.0 Å². The van der Waals surface area contributed by atoms with Crippen molar-refractivity contribution in [1.29, 1.82) is 0 Å². The van der Waals surface area contributed by atoms with Crippen LogP contribution in [-0.2, 0) is 0 Å². The highest BCUT2D eigenvalue weighted by Crippen LogP contribution is 2.30. The third-order valence-electron chi connectivity index (χ3n) is 1.81. The Balaban J connectivity index is 2.26. The fraction of sp³-hybridized carbons (Fsp3) is 0.100. The van der Waals surface area contributed by atoms with Crippen molar-refractivity contribution in [3.8, 4) is 5.75 Å². The molecule has 0 saturated carbocycles. The summed E-state index contributed by atoms with van der Waals surface area (Å²) in [5.74, 6) is 0.995. The van der Waals surface area contributed by atoms with Gasteiger partial charge in [-0.2, -0.15) is 0 Å². The monoisotopic (exact) mass is 237 g/mol. The van der Waals surface area contributed by atoms with Crippen molar-refractivity contribution < 1.29 is 9.63 Å². The predicted molar refractivity (Wildman–Crippen MR) is 58.5 cm³/mol. The molecule has 1 aromatic heterocycles. The van der Waals surface area contributed by atoms with E-state index in [0.717, 1.165) is 0 Å². The van der Waals surface area contributed by atoms with Crippen LogP contribution >= 0.6 is 11.6 Å². The van der Waals surface area contributed by atoms with Crippen LogP contribution in [0.15, 0.2) is 39.0 Å². The quantitative estimate of drug-likeness (QED) is 0.809. The third-order valence-corrected chi connectivity index (χ3v) is 2.05. The molecule has 16 heavy (non-hydrogen) atoms. The average molecular weight is 238 g/mol. The van der Waals surface area contributed by atoms with Crippen LogP contribution in [-0.4, -0.2) is 10.3 Å². The van der Waals surface area contributed by atoms with Crippen LogP contribution in [0.3, 0.4) is 0 Å². The molecule has 2 rings (SSSR count). The number of halogens is 1. The summed E-state index contributed by atoms with van der Waals surface area (Å²) in [5.41, 5.74) is 0.285. The number of phenolic OH excluding ortho intramolecular Hbond substituents is 1. The minimum atomic E-state index is 0.00775. The SMILES string of the molecule is Cc1cc(N=Nc2cc(Cl)ccc2O)no1. The molecule has 2 aromatic rings. The number of nitrogens with zero attached hydrogens (tertiary/aromatic N) is 3. The Hall–Kier alpha value is -1.88. The lowest BCUT2D eigenvalue weighted by molar-refractivity contribution is 0.399. The Bertz CT molecular complexity index is 537. The number of phenols is 1. The van der Waals surface area contributed by atoms with Gasteiger partial charge >= 0.3 is 0 Å². The minimum absolute atomic E-state index is 0.00775. The number of benzene rings is 1. The van der Waals surface area contributed by atoms with Crippen LogP contribution in [0.5, 0.6) is 5.75 Å². The first-order valence-corrected chi connectivity index (χ1v) is 4.86. The summed E-state index contributed by atoms with van der Waals surface area (Å²) in [6, 6.07) is 6.15. The van der Waals surface area contributed by atoms with Crippen molar-refractivity contribution in [2.24, 2.45) is 10.2 Å². The van der Waals surface area contributed by atoms with Gasteiger partial charge in [-0.15, -0.1) is 10.2 Å². The standard InChI is InChI=1S/C10H8ClN3O2/c1-6-4-10(14-16-6)13-12-8-5-7(11)2-3-9(8)15/h2-5,15H,1H3. The van der Waals surface area contributed by atoms with E-state index in [0.29, 0.717) is 16.6 Å². The van der Waals surface area contributed by atoms with Crippen molar-refractivity contribution >= 4 is 23.1 Å². The van der Waals surface area contributed by atoms with E-state index in [1.807, 2.05) is 0 Å². The molecule has 6 heteroatoms. The van der Waals surface area contributed by atoms with Crippen molar-refractivity contribution in [3.63, 3.8) is 0 Å². The fourth-order valence-corrected chi connectivity index (χ4v) is 1.25. The summed E-state index contributed by atoms with van der Waals surface area (Å²) in [7, 11) is 0. The number of hydrogen-bond acceptors (Lipinski definition) is 5. The average Bonchev–Trinajstić information content (AvgIpc) is 2.66. The molecule has 0 bridgehead atoms. The summed E-state index contributed by atoms with van der Waals surface area (Å²) < 4.78 is 4.81. The van der Waals surface area contributed by atoms with Gasteiger partial charge in [-0.25, -0.2) is 0 Å². The van der Waals surface area contributed by atoms with Gasteiger partial charge in [0, 0.05) is 11.1 Å². The first kappa shape index (κ1) is 10.6. The molecule has 0 spiro atoms. The summed E-state index contributed by atoms with van der Waals surface area (Å²) in [5, 5.41) is 21.2. The van der Waals surface area contributed by atoms with Gasteiger partial charge in [0.05, 0.1) is 0 Å². The molecule has 0 atom stereocenters. The first-order chi connectivity index (χ1) is 7.65. The van der Waals surface area contributed by atoms with Gasteiger partial charge in [0.2, 0.25) is 5.82 Å². The zero-order valence-corrected chi connectivity index (χ0v) is 9.14. The maximum Gasteiger partial charge on any atom is 0.216 e. The Labute approximate surface area is 96.4 Å². The highest BCUT2D eigenvalue weighted by molar-refractivity contribution is 6.30. The van der Waals surface area contributed by atoms with Crippen LogP contribution in [0.1, 0.15) is 5.76 Å². The largest absolute Gasteiger partial charge is 0.506 e. The molecule has 0 fully saturated rings. The van der Waals surface area contributed by atoms with Crippen LogP contribution in [0.25, 0.3) is 0 Å². The molecule has 0 aliphatic rings. The summed E-state index contributed by atoms with van der Waals surface area (Å²) in [6.45, 7) is 1.75. The van der Waals surface area contributed by atoms with Crippen LogP contribution in [0.2, 0.25) is 5.02 Å². The number of aryl methyl sites for hydroxylation is 1. The van der Waals surface area contributed by atoms with Crippen molar-refractivity contribution in [2.75, 3.05) is 0 Å². The van der Waals surface area contributed by atoms with E-state index in [2.05, 4.69) is 15.4 Å². The van der Waals surface area contributed by atoms with Gasteiger partial charge in [-0.3, -0.25) is 0 Å². The number of hydrogen-bond donors (Lipinski definition) is 1. The Morgan fingerprint density at radius 1 is 1.31 bits per heavy atom. The highest BCUT2D eigenvalue weighted by Gasteiger charge is 2.02. The molecule has 1 N–H and O–H groups in total. The number of aromatic hydroxyl groups is 1. The van der Waals surface area contributed by atoms with Gasteiger partial charge < -0.3 is 9.63 Å². The smallest absolute Gasteiger partial charge is 0.216 e. The Morgan fingerprint density at radius 2 is 2.12 bits per heavy atom. The van der Waals surface area contributed by atoms with Crippen LogP contribution in [0, 0.1) is 6.92 Å². The zero-order valence-electron chi connectivity index (χ0n) is 8.38. The third kappa shape index (κ3) is 2.38. The molecule has 0 aliphatic heterocycles. The Morgan fingerprint density at radius 3 is 2.81 bits per heavy atom. The zero-order chi connectivity index (χ0) is 11.5. The molecule has 1 aromatic carbocycles. The molecule has 0 aliphatic carbocycles. The minimum Gasteiger partial charge on any atom is -0.506 e. The molecule has 0 unspecified atom stereocenters. The van der Waals surface area contributed by atoms with E-state index in [1.165, 1.54) is 12.1 Å². The molecule has 1 heterocycles. The number of aromatic nitrogens is 1. The van der Waals surface area contributed by atoms with E-state index < -0.39 is 0 Å². The van der Waals surface area contributed by atoms with Gasteiger partial charge in [0.15, 0.2) is 0 Å². The van der Waals surface area contributed by atoms with Crippen LogP contribution in [0.4, 0.5) is 11.5 Å². The van der Waals surface area contributed by atoms with Gasteiger partial charge in [-0.05, 0) is 25.1 Å². The summed E-state index contributed by atoms with van der Waals surface area (Å²) in [4.78, 5) is 0. The van der Waals surface area contributed by atoms with E-state index in [1.54, 1.807) is 19.1 Å². The summed E-state index contributed by atoms with van der Waals surface area (Å²) >= 11 is 5.76. The molecule has 0 saturated heterocycles. The topological polar surface area (TPSA) is 71.0 Å². The van der Waals surface area contributed by atoms with Gasteiger partial charge in [0.1, 0.15) is 17.2 Å². The molecular formula is C10H8ClN3O2. The van der Waals surface area contributed by atoms with Gasteiger partial charge in [-0.1, -0.05) is 16.8 Å². The van der Waals surface area contributed by atoms with E-state index in [9.17, 15) is 5.11 Å². The lowest BCUT2D eigenvalue weighted by Crippen LogP contribution is -1.68. The number of rotatable bonds is 2. The summed E-state index contributed by atoms with van der Waals surface area (Å²) in [6.07, 6.45) is 0. The second-order valence-electron chi connectivity index (χ2n) is 3.13. The van der Waals surface area contributed by atoms with Crippen molar-refractivity contribution in [2.45, 2.75) is 6.92 Å². The molecule has 0 radical (unpaired) electrons. The lowest BCUT2D eigenvalue weighted by atomic mass is 10.3. The maximum absolute atomic E-state index is 9.46. The van der Waals surface area contributed by atoms with Crippen molar-refractivity contribution in [1.82, 2.24) is 5.16 Å². The van der Waals surface area contributed by atoms with Crippen LogP contribution < -0.4 is 0 Å². The van der Waals surface area contributed by atoms with E-state index >= 15 is 0 Å². The van der Waals surface area contributed by atoms with Gasteiger partial charge in [0.25, 0.3) is 0 Å². The fourth-order valence-electron chi connectivity index (χ4n) is 1.08. The highest BCUT2D eigenvalue weighted by atomic mass is 35.5. The van der Waals surface area contributed by atoms with E-state index in [4.69, 9.17) is 16.1 Å². The Kier molecular flexibility index (Phi) is 2.87. The van der Waals surface area contributed by atoms with E-state index in [-0.39, 0.29) is 11.4 Å². The second kappa shape index (κ2) is 4.32. The second-order valence-corrected chi connectivity index (χ2v) is 3.57. The first-order valence-electron chi connectivity index (χ1n) is 4.49. The maximum atomic E-state index is 9.46. The molecule has 5 nitrogen and oxygen atoms in total. The predicted octanol–water partition coefficient (Wildman–Crippen LogP) is 3.76. The molecule has 82 valence electrons.